The second kappa shape index (κ2) is 15.0. The van der Waals surface area contributed by atoms with E-state index in [1.807, 2.05) is 40.9 Å². The Bertz CT molecular complexity index is 606. The van der Waals surface area contributed by atoms with Gasteiger partial charge in [-0.3, -0.25) is 4.79 Å². The maximum atomic E-state index is 12.7. The standard InChI is InChI=1S/C21H34N4OS.HI/c1-3-22-21(23-12-5-8-15-27-2)24-17-18-10-9-11-19(16-18)20(26)25-13-6-4-7-14-25;/h9-11,16H,3-8,12-15,17H2,1-2H3,(H2,22,23,24);1H. The summed E-state index contributed by atoms with van der Waals surface area (Å²) in [6.07, 6.45) is 7.97. The lowest BCUT2D eigenvalue weighted by atomic mass is 10.1. The van der Waals surface area contributed by atoms with Crippen LogP contribution in [0.5, 0.6) is 0 Å². The van der Waals surface area contributed by atoms with Crippen molar-refractivity contribution in [1.82, 2.24) is 15.5 Å². The summed E-state index contributed by atoms with van der Waals surface area (Å²) in [7, 11) is 0. The number of piperidine rings is 1. The van der Waals surface area contributed by atoms with Crippen LogP contribution in [-0.4, -0.2) is 55.0 Å². The molecule has 0 saturated carbocycles. The Kier molecular flexibility index (Phi) is 13.4. The van der Waals surface area contributed by atoms with E-state index in [-0.39, 0.29) is 29.9 Å². The summed E-state index contributed by atoms with van der Waals surface area (Å²) in [6, 6.07) is 7.91. The van der Waals surface area contributed by atoms with Gasteiger partial charge < -0.3 is 15.5 Å². The smallest absolute Gasteiger partial charge is 0.253 e. The second-order valence-electron chi connectivity index (χ2n) is 6.88. The highest BCUT2D eigenvalue weighted by atomic mass is 127. The Labute approximate surface area is 191 Å². The largest absolute Gasteiger partial charge is 0.357 e. The maximum absolute atomic E-state index is 12.7. The number of nitrogens with zero attached hydrogens (tertiary/aromatic N) is 2. The van der Waals surface area contributed by atoms with Gasteiger partial charge in [-0.2, -0.15) is 11.8 Å². The van der Waals surface area contributed by atoms with Crippen LogP contribution in [0.4, 0.5) is 0 Å². The Balaban J connectivity index is 0.00000392. The van der Waals surface area contributed by atoms with E-state index in [4.69, 9.17) is 0 Å². The molecule has 0 spiro atoms. The van der Waals surface area contributed by atoms with Gasteiger partial charge >= 0.3 is 0 Å². The van der Waals surface area contributed by atoms with Crippen molar-refractivity contribution in [1.29, 1.82) is 0 Å². The van der Waals surface area contributed by atoms with Gasteiger partial charge in [0.25, 0.3) is 5.91 Å². The third kappa shape index (κ3) is 9.03. The first-order valence-corrected chi connectivity index (χ1v) is 11.5. The van der Waals surface area contributed by atoms with Gasteiger partial charge in [-0.05, 0) is 68.7 Å². The number of guanidine groups is 1. The van der Waals surface area contributed by atoms with Gasteiger partial charge in [-0.25, -0.2) is 4.99 Å². The van der Waals surface area contributed by atoms with Gasteiger partial charge in [0, 0.05) is 31.7 Å². The molecule has 1 aromatic rings. The van der Waals surface area contributed by atoms with Gasteiger partial charge in [0.05, 0.1) is 6.54 Å². The number of aliphatic imine (C=N–C) groups is 1. The molecular weight excluding hydrogens is 483 g/mol. The van der Waals surface area contributed by atoms with Crippen LogP contribution in [-0.2, 0) is 6.54 Å². The fourth-order valence-electron chi connectivity index (χ4n) is 3.17. The first kappa shape index (κ1) is 25.1. The number of halogens is 1. The molecule has 1 aliphatic heterocycles. The summed E-state index contributed by atoms with van der Waals surface area (Å²) in [6.45, 7) is 6.17. The average molecular weight is 519 g/mol. The van der Waals surface area contributed by atoms with E-state index < -0.39 is 0 Å². The molecule has 0 atom stereocenters. The van der Waals surface area contributed by atoms with Crippen molar-refractivity contribution in [3.8, 4) is 0 Å². The topological polar surface area (TPSA) is 56.7 Å². The highest BCUT2D eigenvalue weighted by Gasteiger charge is 2.18. The molecule has 0 aromatic heterocycles. The van der Waals surface area contributed by atoms with E-state index in [9.17, 15) is 4.79 Å². The third-order valence-corrected chi connectivity index (χ3v) is 5.35. The van der Waals surface area contributed by atoms with Crippen LogP contribution in [0, 0.1) is 0 Å². The van der Waals surface area contributed by atoms with Gasteiger partial charge in [0.15, 0.2) is 5.96 Å². The van der Waals surface area contributed by atoms with Crippen molar-refractivity contribution in [2.45, 2.75) is 45.6 Å². The highest BCUT2D eigenvalue weighted by Crippen LogP contribution is 2.14. The molecule has 7 heteroatoms. The van der Waals surface area contributed by atoms with E-state index in [1.54, 1.807) is 0 Å². The predicted octanol–water partition coefficient (Wildman–Crippen LogP) is 4.13. The zero-order valence-electron chi connectivity index (χ0n) is 17.2. The molecule has 0 bridgehead atoms. The predicted molar refractivity (Wildman–Crippen MR) is 132 cm³/mol. The summed E-state index contributed by atoms with van der Waals surface area (Å²) in [5, 5.41) is 6.68. The number of likely N-dealkylation sites (tertiary alicyclic amines) is 1. The van der Waals surface area contributed by atoms with Crippen molar-refractivity contribution < 1.29 is 4.79 Å². The number of nitrogens with one attached hydrogen (secondary N) is 2. The maximum Gasteiger partial charge on any atom is 0.253 e. The summed E-state index contributed by atoms with van der Waals surface area (Å²) >= 11 is 1.89. The lowest BCUT2D eigenvalue weighted by Gasteiger charge is -2.26. The summed E-state index contributed by atoms with van der Waals surface area (Å²) in [4.78, 5) is 19.3. The Morgan fingerprint density at radius 3 is 2.68 bits per heavy atom. The molecule has 158 valence electrons. The Morgan fingerprint density at radius 1 is 1.18 bits per heavy atom. The van der Waals surface area contributed by atoms with E-state index in [0.29, 0.717) is 6.54 Å². The first-order chi connectivity index (χ1) is 13.2. The van der Waals surface area contributed by atoms with Gasteiger partial charge in [-0.15, -0.1) is 24.0 Å². The molecular formula is C21H35IN4OS. The number of carbonyl (C=O) groups excluding carboxylic acids is 1. The van der Waals surface area contributed by atoms with Gasteiger partial charge in [0.2, 0.25) is 0 Å². The Hall–Kier alpha value is -0.960. The number of rotatable bonds is 9. The minimum Gasteiger partial charge on any atom is -0.357 e. The van der Waals surface area contributed by atoms with Crippen LogP contribution in [0.15, 0.2) is 29.3 Å². The molecule has 1 saturated heterocycles. The number of carbonyl (C=O) groups is 1. The van der Waals surface area contributed by atoms with Crippen molar-refractivity contribution in [3.63, 3.8) is 0 Å². The van der Waals surface area contributed by atoms with Crippen molar-refractivity contribution in [2.75, 3.05) is 38.2 Å². The molecule has 2 N–H and O–H groups in total. The molecule has 1 aromatic carbocycles. The molecule has 5 nitrogen and oxygen atoms in total. The van der Waals surface area contributed by atoms with E-state index in [0.717, 1.165) is 62.5 Å². The van der Waals surface area contributed by atoms with Gasteiger partial charge in [0.1, 0.15) is 0 Å². The number of thioether (sulfide) groups is 1. The van der Waals surface area contributed by atoms with Crippen LogP contribution >= 0.6 is 35.7 Å². The molecule has 0 radical (unpaired) electrons. The summed E-state index contributed by atoms with van der Waals surface area (Å²) in [5.74, 6) is 2.20. The first-order valence-electron chi connectivity index (χ1n) is 10.1. The quantitative estimate of drug-likeness (QED) is 0.224. The minimum absolute atomic E-state index is 0. The lowest BCUT2D eigenvalue weighted by Crippen LogP contribution is -2.37. The number of unbranched alkanes of at least 4 members (excludes halogenated alkanes) is 1. The zero-order valence-corrected chi connectivity index (χ0v) is 20.4. The van der Waals surface area contributed by atoms with Crippen LogP contribution in [0.1, 0.15) is 54.9 Å². The monoisotopic (exact) mass is 518 g/mol. The number of benzene rings is 1. The normalized spacial score (nSPS) is 14.4. The molecule has 1 aliphatic rings. The van der Waals surface area contributed by atoms with Crippen molar-refractivity contribution in [2.24, 2.45) is 4.99 Å². The molecule has 1 amide bonds. The lowest BCUT2D eigenvalue weighted by molar-refractivity contribution is 0.0724. The fourth-order valence-corrected chi connectivity index (χ4v) is 3.67. The summed E-state index contributed by atoms with van der Waals surface area (Å²) in [5.41, 5.74) is 1.84. The molecule has 2 rings (SSSR count). The van der Waals surface area contributed by atoms with Crippen molar-refractivity contribution in [3.05, 3.63) is 35.4 Å². The van der Waals surface area contributed by atoms with Crippen molar-refractivity contribution >= 4 is 47.6 Å². The molecule has 1 heterocycles. The zero-order chi connectivity index (χ0) is 19.3. The minimum atomic E-state index is 0. The Morgan fingerprint density at radius 2 is 1.96 bits per heavy atom. The summed E-state index contributed by atoms with van der Waals surface area (Å²) < 4.78 is 0. The van der Waals surface area contributed by atoms with Crippen LogP contribution in [0.3, 0.4) is 0 Å². The average Bonchev–Trinajstić information content (AvgIpc) is 2.72. The second-order valence-corrected chi connectivity index (χ2v) is 7.86. The molecule has 28 heavy (non-hydrogen) atoms. The number of hydrogen-bond acceptors (Lipinski definition) is 3. The molecule has 1 fully saturated rings. The highest BCUT2D eigenvalue weighted by molar-refractivity contribution is 14.0. The van der Waals surface area contributed by atoms with E-state index in [2.05, 4.69) is 28.8 Å². The number of hydrogen-bond donors (Lipinski definition) is 2. The fraction of sp³-hybridized carbons (Fsp3) is 0.619. The SMILES string of the molecule is CCNC(=NCc1cccc(C(=O)N2CCCCC2)c1)NCCCCSC.I. The van der Waals surface area contributed by atoms with Crippen LogP contribution < -0.4 is 10.6 Å². The third-order valence-electron chi connectivity index (χ3n) is 4.65. The van der Waals surface area contributed by atoms with Gasteiger partial charge in [-0.1, -0.05) is 12.1 Å². The van der Waals surface area contributed by atoms with Crippen LogP contribution in [0.2, 0.25) is 0 Å². The molecule has 0 aliphatic carbocycles. The van der Waals surface area contributed by atoms with Crippen LogP contribution in [0.25, 0.3) is 0 Å². The van der Waals surface area contributed by atoms with E-state index in [1.165, 1.54) is 18.6 Å². The number of amides is 1. The van der Waals surface area contributed by atoms with E-state index >= 15 is 0 Å². The molecule has 0 unspecified atom stereocenters.